The predicted molar refractivity (Wildman–Crippen MR) is 121 cm³/mol. The van der Waals surface area contributed by atoms with Gasteiger partial charge in [-0.1, -0.05) is 49.7 Å². The van der Waals surface area contributed by atoms with Gasteiger partial charge >= 0.3 is 5.97 Å². The molecular weight excluding hydrogens is 440 g/mol. The van der Waals surface area contributed by atoms with Crippen LogP contribution < -0.4 is 0 Å². The summed E-state index contributed by atoms with van der Waals surface area (Å²) >= 11 is 0. The summed E-state index contributed by atoms with van der Waals surface area (Å²) in [4.78, 5) is 37.8. The van der Waals surface area contributed by atoms with Gasteiger partial charge in [-0.3, -0.25) is 9.59 Å². The number of carbonyl (C=O) groups excluding carboxylic acids is 3. The molecule has 6 nitrogen and oxygen atoms in total. The highest BCUT2D eigenvalue weighted by molar-refractivity contribution is 7.91. The summed E-state index contributed by atoms with van der Waals surface area (Å²) in [5.74, 6) is -1.63. The Morgan fingerprint density at radius 3 is 2.21 bits per heavy atom. The molecule has 0 aromatic heterocycles. The van der Waals surface area contributed by atoms with E-state index in [2.05, 4.69) is 6.92 Å². The molecular formula is C26H22O6S. The lowest BCUT2D eigenvalue weighted by Crippen LogP contribution is -2.25. The Morgan fingerprint density at radius 1 is 0.879 bits per heavy atom. The third-order valence-electron chi connectivity index (χ3n) is 5.60. The lowest BCUT2D eigenvalue weighted by molar-refractivity contribution is 0.0318. The van der Waals surface area contributed by atoms with Crippen LogP contribution in [-0.4, -0.2) is 32.1 Å². The lowest BCUT2D eigenvalue weighted by Gasteiger charge is -2.19. The van der Waals surface area contributed by atoms with Gasteiger partial charge in [0.1, 0.15) is 0 Å². The molecule has 0 saturated carbocycles. The van der Waals surface area contributed by atoms with Gasteiger partial charge in [-0.05, 0) is 49.2 Å². The Balaban J connectivity index is 1.57. The SMILES string of the molecule is CCCc1ccc(C(=O)C(C)OC(=O)c2ccc3c(c2)S(=O)(=O)c2ccccc2C3=O)cc1. The molecule has 0 radical (unpaired) electrons. The highest BCUT2D eigenvalue weighted by atomic mass is 32.2. The average molecular weight is 463 g/mol. The average Bonchev–Trinajstić information content (AvgIpc) is 2.82. The Kier molecular flexibility index (Phi) is 5.99. The van der Waals surface area contributed by atoms with Gasteiger partial charge in [-0.15, -0.1) is 0 Å². The molecule has 1 aliphatic rings. The van der Waals surface area contributed by atoms with Crippen molar-refractivity contribution < 1.29 is 27.5 Å². The highest BCUT2D eigenvalue weighted by Gasteiger charge is 2.35. The van der Waals surface area contributed by atoms with Gasteiger partial charge < -0.3 is 4.74 Å². The smallest absolute Gasteiger partial charge is 0.338 e. The van der Waals surface area contributed by atoms with Crippen molar-refractivity contribution in [1.29, 1.82) is 0 Å². The second kappa shape index (κ2) is 8.75. The van der Waals surface area contributed by atoms with E-state index in [1.807, 2.05) is 12.1 Å². The summed E-state index contributed by atoms with van der Waals surface area (Å²) in [6, 6.07) is 16.9. The molecule has 0 N–H and O–H groups in total. The number of aryl methyl sites for hydroxylation is 1. The molecule has 33 heavy (non-hydrogen) atoms. The van der Waals surface area contributed by atoms with Crippen LogP contribution in [0.15, 0.2) is 76.5 Å². The van der Waals surface area contributed by atoms with Crippen molar-refractivity contribution in [2.75, 3.05) is 0 Å². The zero-order valence-electron chi connectivity index (χ0n) is 18.2. The fourth-order valence-corrected chi connectivity index (χ4v) is 5.53. The predicted octanol–water partition coefficient (Wildman–Crippen LogP) is 4.44. The van der Waals surface area contributed by atoms with E-state index >= 15 is 0 Å². The van der Waals surface area contributed by atoms with Gasteiger partial charge in [-0.2, -0.15) is 0 Å². The van der Waals surface area contributed by atoms with E-state index in [9.17, 15) is 22.8 Å². The first kappa shape index (κ1) is 22.6. The first-order chi connectivity index (χ1) is 15.7. The maximum Gasteiger partial charge on any atom is 0.338 e. The monoisotopic (exact) mass is 462 g/mol. The molecule has 3 aromatic carbocycles. The fourth-order valence-electron chi connectivity index (χ4n) is 3.85. The van der Waals surface area contributed by atoms with Crippen molar-refractivity contribution in [2.24, 2.45) is 0 Å². The molecule has 7 heteroatoms. The van der Waals surface area contributed by atoms with Crippen LogP contribution in [0.5, 0.6) is 0 Å². The molecule has 1 unspecified atom stereocenters. The summed E-state index contributed by atoms with van der Waals surface area (Å²) in [6.07, 6.45) is 0.840. The van der Waals surface area contributed by atoms with Crippen molar-refractivity contribution in [3.8, 4) is 0 Å². The topological polar surface area (TPSA) is 94.6 Å². The Labute approximate surface area is 192 Å². The van der Waals surface area contributed by atoms with Crippen molar-refractivity contribution in [3.63, 3.8) is 0 Å². The van der Waals surface area contributed by atoms with Crippen molar-refractivity contribution in [1.82, 2.24) is 0 Å². The van der Waals surface area contributed by atoms with Gasteiger partial charge in [0.15, 0.2) is 11.9 Å². The third-order valence-corrected chi connectivity index (χ3v) is 7.45. The Morgan fingerprint density at radius 2 is 1.52 bits per heavy atom. The molecule has 3 aromatic rings. The van der Waals surface area contributed by atoms with E-state index < -0.39 is 27.7 Å². The highest BCUT2D eigenvalue weighted by Crippen LogP contribution is 2.34. The molecule has 1 aliphatic heterocycles. The molecule has 1 heterocycles. The molecule has 0 saturated heterocycles. The van der Waals surface area contributed by atoms with Gasteiger partial charge in [0, 0.05) is 16.7 Å². The van der Waals surface area contributed by atoms with Crippen LogP contribution in [0.1, 0.15) is 62.5 Å². The van der Waals surface area contributed by atoms with E-state index in [1.165, 1.54) is 37.3 Å². The summed E-state index contributed by atoms with van der Waals surface area (Å²) < 4.78 is 31.4. The number of fused-ring (bicyclic) bond motifs is 2. The molecule has 168 valence electrons. The minimum atomic E-state index is -3.98. The Bertz CT molecular complexity index is 1370. The van der Waals surface area contributed by atoms with Gasteiger partial charge in [0.2, 0.25) is 15.6 Å². The zero-order valence-corrected chi connectivity index (χ0v) is 19.0. The number of Topliss-reactive ketones (excluding diaryl/α,β-unsaturated/α-hetero) is 1. The number of sulfone groups is 1. The normalized spacial score (nSPS) is 14.7. The standard InChI is InChI=1S/C26H22O6S/c1-3-6-17-9-11-18(12-10-17)24(27)16(2)32-26(29)19-13-14-21-23(15-19)33(30,31)22-8-5-4-7-20(22)25(21)28/h4-5,7-16H,3,6H2,1-2H3. The second-order valence-corrected chi connectivity index (χ2v) is 9.78. The van der Waals surface area contributed by atoms with Crippen molar-refractivity contribution in [3.05, 3.63) is 94.5 Å². The van der Waals surface area contributed by atoms with E-state index in [0.29, 0.717) is 5.56 Å². The molecule has 0 bridgehead atoms. The number of benzene rings is 3. The number of hydrogen-bond donors (Lipinski definition) is 0. The number of esters is 1. The number of carbonyl (C=O) groups is 3. The van der Waals surface area contributed by atoms with E-state index in [-0.39, 0.29) is 32.3 Å². The van der Waals surface area contributed by atoms with Crippen LogP contribution in [0.2, 0.25) is 0 Å². The van der Waals surface area contributed by atoms with Crippen molar-refractivity contribution >= 4 is 27.4 Å². The summed E-state index contributed by atoms with van der Waals surface area (Å²) in [5.41, 5.74) is 1.59. The van der Waals surface area contributed by atoms with E-state index in [1.54, 1.807) is 18.2 Å². The van der Waals surface area contributed by atoms with Crippen LogP contribution in [0, 0.1) is 0 Å². The first-order valence-corrected chi connectivity index (χ1v) is 12.1. The number of rotatable bonds is 6. The lowest BCUT2D eigenvalue weighted by atomic mass is 10.0. The van der Waals surface area contributed by atoms with E-state index in [0.717, 1.165) is 24.5 Å². The zero-order chi connectivity index (χ0) is 23.8. The second-order valence-electron chi connectivity index (χ2n) is 7.90. The maximum atomic E-state index is 13.0. The number of ether oxygens (including phenoxy) is 1. The summed E-state index contributed by atoms with van der Waals surface area (Å²) in [6.45, 7) is 3.54. The fraction of sp³-hybridized carbons (Fsp3) is 0.192. The quantitative estimate of drug-likeness (QED) is 0.310. The molecule has 0 amide bonds. The summed E-state index contributed by atoms with van der Waals surface area (Å²) in [7, 11) is -3.98. The molecule has 0 aliphatic carbocycles. The van der Waals surface area contributed by atoms with Crippen LogP contribution in [-0.2, 0) is 21.0 Å². The largest absolute Gasteiger partial charge is 0.451 e. The van der Waals surface area contributed by atoms with Gasteiger partial charge in [0.25, 0.3) is 0 Å². The first-order valence-electron chi connectivity index (χ1n) is 10.6. The number of ketones is 2. The van der Waals surface area contributed by atoms with Crippen molar-refractivity contribution in [2.45, 2.75) is 42.6 Å². The maximum absolute atomic E-state index is 13.0. The van der Waals surface area contributed by atoms with Crippen LogP contribution in [0.25, 0.3) is 0 Å². The van der Waals surface area contributed by atoms with E-state index in [4.69, 9.17) is 4.74 Å². The molecule has 4 rings (SSSR count). The molecule has 1 atom stereocenters. The minimum Gasteiger partial charge on any atom is -0.451 e. The van der Waals surface area contributed by atoms with Gasteiger partial charge in [-0.25, -0.2) is 13.2 Å². The molecule has 0 fully saturated rings. The number of hydrogen-bond acceptors (Lipinski definition) is 6. The minimum absolute atomic E-state index is 0.00143. The third kappa shape index (κ3) is 4.12. The summed E-state index contributed by atoms with van der Waals surface area (Å²) in [5, 5.41) is 0. The van der Waals surface area contributed by atoms with Gasteiger partial charge in [0.05, 0.1) is 15.4 Å². The molecule has 0 spiro atoms. The Hall–Kier alpha value is -3.58. The van der Waals surface area contributed by atoms with Crippen LogP contribution in [0.4, 0.5) is 0 Å². The van der Waals surface area contributed by atoms with Crippen LogP contribution in [0.3, 0.4) is 0 Å². The van der Waals surface area contributed by atoms with Crippen LogP contribution >= 0.6 is 0 Å².